The molecule has 0 atom stereocenters. The number of aryl methyl sites for hydroxylation is 2. The van der Waals surface area contributed by atoms with Crippen molar-refractivity contribution >= 4 is 21.6 Å². The molecule has 0 unspecified atom stereocenters. The van der Waals surface area contributed by atoms with Gasteiger partial charge in [-0.25, -0.2) is 0 Å². The number of benzene rings is 1. The summed E-state index contributed by atoms with van der Waals surface area (Å²) in [7, 11) is 2.16. The molecule has 1 aliphatic heterocycles. The Hall–Kier alpha value is -1.13. The first-order valence-electron chi connectivity index (χ1n) is 7.86. The first kappa shape index (κ1) is 14.8. The zero-order valence-corrected chi connectivity index (χ0v) is 14.2. The normalized spacial score (nSPS) is 17.7. The van der Waals surface area contributed by atoms with Gasteiger partial charge < -0.3 is 4.90 Å². The highest BCUT2D eigenvalue weighted by Gasteiger charge is 2.23. The van der Waals surface area contributed by atoms with Gasteiger partial charge in [-0.1, -0.05) is 18.5 Å². The van der Waals surface area contributed by atoms with E-state index in [0.29, 0.717) is 6.04 Å². The Bertz CT molecular complexity index is 720. The predicted molar refractivity (Wildman–Crippen MR) is 90.7 cm³/mol. The number of hydrogen-bond acceptors (Lipinski definition) is 3. The van der Waals surface area contributed by atoms with Crippen LogP contribution in [0.1, 0.15) is 42.5 Å². The van der Waals surface area contributed by atoms with Crippen molar-refractivity contribution in [2.75, 3.05) is 20.1 Å². The molecule has 1 saturated heterocycles. The quantitative estimate of drug-likeness (QED) is 0.848. The fourth-order valence-corrected chi connectivity index (χ4v) is 4.90. The van der Waals surface area contributed by atoms with E-state index in [1.165, 1.54) is 16.7 Å². The van der Waals surface area contributed by atoms with E-state index in [0.717, 1.165) is 42.4 Å². The summed E-state index contributed by atoms with van der Waals surface area (Å²) in [5, 5.41) is 0.960. The minimum Gasteiger partial charge on any atom is -0.306 e. The highest BCUT2D eigenvalue weighted by Crippen LogP contribution is 2.30. The van der Waals surface area contributed by atoms with Crippen LogP contribution in [0.4, 0.5) is 0 Å². The fourth-order valence-electron chi connectivity index (χ4n) is 3.60. The molecule has 0 amide bonds. The van der Waals surface area contributed by atoms with Crippen molar-refractivity contribution in [1.82, 2.24) is 8.86 Å². The molecule has 3 nitrogen and oxygen atoms in total. The molecule has 1 aromatic heterocycles. The average Bonchev–Trinajstić information content (AvgIpc) is 2.77. The van der Waals surface area contributed by atoms with Crippen molar-refractivity contribution in [3.63, 3.8) is 0 Å². The summed E-state index contributed by atoms with van der Waals surface area (Å²) in [6, 6.07) is 2.59. The summed E-state index contributed by atoms with van der Waals surface area (Å²) in [5.74, 6) is 0. The van der Waals surface area contributed by atoms with Crippen LogP contribution in [0.3, 0.4) is 0 Å². The molecule has 21 heavy (non-hydrogen) atoms. The second kappa shape index (κ2) is 5.58. The van der Waals surface area contributed by atoms with Crippen LogP contribution in [0.2, 0.25) is 0 Å². The molecular formula is C17H24N2OS. The van der Waals surface area contributed by atoms with Crippen molar-refractivity contribution in [3.05, 3.63) is 33.1 Å². The van der Waals surface area contributed by atoms with Crippen molar-refractivity contribution in [3.8, 4) is 0 Å². The Labute approximate surface area is 130 Å². The molecule has 2 heterocycles. The molecule has 0 bridgehead atoms. The Morgan fingerprint density at radius 3 is 2.57 bits per heavy atom. The van der Waals surface area contributed by atoms with Crippen LogP contribution in [0.5, 0.6) is 0 Å². The third-order valence-electron chi connectivity index (χ3n) is 4.88. The number of piperidine rings is 1. The van der Waals surface area contributed by atoms with E-state index in [9.17, 15) is 4.79 Å². The molecule has 4 heteroatoms. The van der Waals surface area contributed by atoms with Gasteiger partial charge in [-0.3, -0.25) is 8.75 Å². The van der Waals surface area contributed by atoms with Gasteiger partial charge in [0.1, 0.15) is 0 Å². The van der Waals surface area contributed by atoms with Gasteiger partial charge in [0.15, 0.2) is 0 Å². The van der Waals surface area contributed by atoms with Gasteiger partial charge in [0.2, 0.25) is 0 Å². The van der Waals surface area contributed by atoms with Gasteiger partial charge >= 0.3 is 0 Å². The largest absolute Gasteiger partial charge is 0.306 e. The van der Waals surface area contributed by atoms with Crippen LogP contribution < -0.4 is 5.56 Å². The van der Waals surface area contributed by atoms with E-state index in [2.05, 4.69) is 38.8 Å². The summed E-state index contributed by atoms with van der Waals surface area (Å²) < 4.78 is 3.20. The maximum atomic E-state index is 12.9. The van der Waals surface area contributed by atoms with Crippen molar-refractivity contribution in [1.29, 1.82) is 0 Å². The van der Waals surface area contributed by atoms with Gasteiger partial charge in [-0.15, -0.1) is 0 Å². The van der Waals surface area contributed by atoms with E-state index in [1.54, 1.807) is 11.5 Å². The Morgan fingerprint density at radius 1 is 1.29 bits per heavy atom. The zero-order valence-electron chi connectivity index (χ0n) is 13.4. The lowest BCUT2D eigenvalue weighted by atomic mass is 9.98. The Morgan fingerprint density at radius 2 is 1.95 bits per heavy atom. The first-order valence-corrected chi connectivity index (χ1v) is 8.63. The number of hydrogen-bond donors (Lipinski definition) is 0. The van der Waals surface area contributed by atoms with Crippen LogP contribution in [0, 0.1) is 13.8 Å². The van der Waals surface area contributed by atoms with E-state index >= 15 is 0 Å². The summed E-state index contributed by atoms with van der Waals surface area (Å²) in [6.45, 7) is 8.62. The third-order valence-corrected chi connectivity index (χ3v) is 6.06. The minimum absolute atomic E-state index is 0.233. The van der Waals surface area contributed by atoms with Crippen LogP contribution in [0.25, 0.3) is 10.1 Å². The number of fused-ring (bicyclic) bond motifs is 1. The zero-order chi connectivity index (χ0) is 15.1. The van der Waals surface area contributed by atoms with E-state index in [1.807, 2.05) is 3.96 Å². The molecular weight excluding hydrogens is 280 g/mol. The molecule has 1 aromatic carbocycles. The maximum absolute atomic E-state index is 12.9. The van der Waals surface area contributed by atoms with Gasteiger partial charge in [-0.2, -0.15) is 0 Å². The number of aromatic nitrogens is 1. The number of nitrogens with zero attached hydrogens (tertiary/aromatic N) is 2. The smallest absolute Gasteiger partial charge is 0.269 e. The summed E-state index contributed by atoms with van der Waals surface area (Å²) in [6.07, 6.45) is 3.17. The molecule has 0 N–H and O–H groups in total. The van der Waals surface area contributed by atoms with E-state index < -0.39 is 0 Å². The van der Waals surface area contributed by atoms with Crippen LogP contribution in [-0.2, 0) is 6.42 Å². The van der Waals surface area contributed by atoms with Crippen LogP contribution >= 0.6 is 11.5 Å². The average molecular weight is 304 g/mol. The van der Waals surface area contributed by atoms with Gasteiger partial charge in [0.25, 0.3) is 5.56 Å². The number of likely N-dealkylation sites (tertiary alicyclic amines) is 1. The highest BCUT2D eigenvalue weighted by molar-refractivity contribution is 7.13. The highest BCUT2D eigenvalue weighted by atomic mass is 32.1. The van der Waals surface area contributed by atoms with Crippen molar-refractivity contribution < 1.29 is 0 Å². The van der Waals surface area contributed by atoms with E-state index in [4.69, 9.17) is 0 Å². The molecule has 2 aromatic rings. The lowest BCUT2D eigenvalue weighted by Crippen LogP contribution is -2.33. The van der Waals surface area contributed by atoms with Gasteiger partial charge in [0.05, 0.1) is 16.1 Å². The Kier molecular flexibility index (Phi) is 3.93. The standard InChI is InChI=1S/C17H24N2OS/c1-5-14-11(2)10-15-16(12(14)3)17(20)19(21-15)13-6-8-18(4)9-7-13/h10,13H,5-9H2,1-4H3. The lowest BCUT2D eigenvalue weighted by molar-refractivity contribution is 0.226. The van der Waals surface area contributed by atoms with Gasteiger partial charge in [-0.05, 0) is 76.0 Å². The number of rotatable bonds is 2. The molecule has 0 radical (unpaired) electrons. The molecule has 0 spiro atoms. The molecule has 1 aliphatic rings. The minimum atomic E-state index is 0.233. The van der Waals surface area contributed by atoms with Gasteiger partial charge in [0, 0.05) is 0 Å². The summed E-state index contributed by atoms with van der Waals surface area (Å²) in [5.41, 5.74) is 4.09. The molecule has 114 valence electrons. The monoisotopic (exact) mass is 304 g/mol. The second-order valence-corrected chi connectivity index (χ2v) is 7.30. The lowest BCUT2D eigenvalue weighted by Gasteiger charge is -2.28. The topological polar surface area (TPSA) is 25.2 Å². The third kappa shape index (κ3) is 2.44. The summed E-state index contributed by atoms with van der Waals surface area (Å²) in [4.78, 5) is 15.2. The molecule has 0 aliphatic carbocycles. The predicted octanol–water partition coefficient (Wildman–Crippen LogP) is 3.51. The summed E-state index contributed by atoms with van der Waals surface area (Å²) >= 11 is 1.66. The van der Waals surface area contributed by atoms with Crippen molar-refractivity contribution in [2.45, 2.75) is 46.1 Å². The van der Waals surface area contributed by atoms with Crippen LogP contribution in [-0.4, -0.2) is 29.0 Å². The molecule has 0 saturated carbocycles. The molecule has 3 rings (SSSR count). The fraction of sp³-hybridized carbons (Fsp3) is 0.588. The SMILES string of the molecule is CCc1c(C)cc2sn(C3CCN(C)CC3)c(=O)c2c1C. The Balaban J connectivity index is 2.12. The maximum Gasteiger partial charge on any atom is 0.269 e. The van der Waals surface area contributed by atoms with Crippen molar-refractivity contribution in [2.24, 2.45) is 0 Å². The second-order valence-electron chi connectivity index (χ2n) is 6.28. The first-order chi connectivity index (χ1) is 10.0. The van der Waals surface area contributed by atoms with Crippen LogP contribution in [0.15, 0.2) is 10.9 Å². The van der Waals surface area contributed by atoms with E-state index in [-0.39, 0.29) is 5.56 Å². The molecule has 1 fully saturated rings.